The second kappa shape index (κ2) is 49.3. The number of hydrogen-bond acceptors (Lipinski definition) is 16. The summed E-state index contributed by atoms with van der Waals surface area (Å²) in [7, 11) is -2.20. The van der Waals surface area contributed by atoms with Gasteiger partial charge in [0, 0.05) is 200 Å². The van der Waals surface area contributed by atoms with Crippen LogP contribution in [0.15, 0.2) is 0 Å². The second-order valence-electron chi connectivity index (χ2n) is 31.9. The Balaban J connectivity index is 0.000000590. The average molecular weight is 1470 g/mol. The van der Waals surface area contributed by atoms with Crippen LogP contribution in [0, 0.1) is 122 Å². The number of carbonyl (C=O) groups is 2. The molecule has 574 valence electrons. The number of amides is 2. The molecule has 0 aliphatic carbocycles. The van der Waals surface area contributed by atoms with E-state index in [2.05, 4.69) is 249 Å². The normalized spacial score (nSPS) is 19.6. The molecule has 0 bridgehead atoms. The zero-order valence-corrected chi connectivity index (χ0v) is 69.6. The summed E-state index contributed by atoms with van der Waals surface area (Å²) >= 11 is 0. The summed E-state index contributed by atoms with van der Waals surface area (Å²) in [6.45, 7) is 65.2. The third kappa shape index (κ3) is 53.9. The summed E-state index contributed by atoms with van der Waals surface area (Å²) in [6, 6.07) is 0. The topological polar surface area (TPSA) is 164 Å². The molecular formula is C79H137N11O8S3. The first-order valence-electron chi connectivity index (χ1n) is 36.7. The van der Waals surface area contributed by atoms with Gasteiger partial charge in [-0.3, -0.25) is 48.1 Å². The second-order valence-corrected chi connectivity index (χ2v) is 37.9. The van der Waals surface area contributed by atoms with Gasteiger partial charge in [0.15, 0.2) is 9.84 Å². The quantitative estimate of drug-likeness (QED) is 0.261. The van der Waals surface area contributed by atoms with Crippen molar-refractivity contribution in [3.05, 3.63) is 0 Å². The number of nitrogens with zero attached hydrogens (tertiary/aromatic N) is 11. The molecule has 7 fully saturated rings. The average Bonchev–Trinajstić information content (AvgIpc) is 0.898. The molecule has 0 atom stereocenters. The molecule has 0 aromatic carbocycles. The first kappa shape index (κ1) is 94.5. The minimum absolute atomic E-state index is 0.0296. The number of rotatable bonds is 8. The van der Waals surface area contributed by atoms with E-state index in [1.165, 1.54) is 36.7 Å². The Bertz CT molecular complexity index is 3120. The van der Waals surface area contributed by atoms with Gasteiger partial charge in [-0.2, -0.15) is 4.31 Å². The smallest absolute Gasteiger partial charge is 0.237 e. The van der Waals surface area contributed by atoms with Gasteiger partial charge in [-0.25, -0.2) is 16.8 Å². The van der Waals surface area contributed by atoms with E-state index in [9.17, 15) is 30.6 Å². The van der Waals surface area contributed by atoms with Crippen LogP contribution in [0.3, 0.4) is 0 Å². The highest BCUT2D eigenvalue weighted by atomic mass is 32.2. The van der Waals surface area contributed by atoms with Crippen molar-refractivity contribution in [1.29, 1.82) is 0 Å². The van der Waals surface area contributed by atoms with E-state index in [-0.39, 0.29) is 45.0 Å². The maximum absolute atomic E-state index is 11.5. The van der Waals surface area contributed by atoms with E-state index in [1.807, 2.05) is 21.7 Å². The van der Waals surface area contributed by atoms with Crippen molar-refractivity contribution in [2.45, 2.75) is 132 Å². The Hall–Kier alpha value is -4.49. The molecule has 19 nitrogen and oxygen atoms in total. The molecular weight excluding hydrogens is 1330 g/mol. The van der Waals surface area contributed by atoms with Gasteiger partial charge in [-0.05, 0) is 97.2 Å². The largest absolute Gasteiger partial charge is 0.379 e. The molecule has 0 N–H and O–H groups in total. The minimum Gasteiger partial charge on any atom is -0.379 e. The van der Waals surface area contributed by atoms with Crippen LogP contribution in [0.1, 0.15) is 132 Å². The van der Waals surface area contributed by atoms with Crippen LogP contribution in [0.25, 0.3) is 0 Å². The maximum atomic E-state index is 11.5. The highest BCUT2D eigenvalue weighted by molar-refractivity contribution is 7.91. The third-order valence-electron chi connectivity index (χ3n) is 15.6. The lowest BCUT2D eigenvalue weighted by Gasteiger charge is -2.33. The molecule has 2 amide bonds. The van der Waals surface area contributed by atoms with Crippen molar-refractivity contribution in [2.75, 3.05) is 240 Å². The fraction of sp³-hybridized carbons (Fsp3) is 0.797. The summed E-state index contributed by atoms with van der Waals surface area (Å²) in [5.41, 5.74) is 0.341. The first-order valence-corrected chi connectivity index (χ1v) is 41.8. The Morgan fingerprint density at radius 1 is 0.455 bits per heavy atom. The third-order valence-corrected chi connectivity index (χ3v) is 19.8. The van der Waals surface area contributed by atoms with Crippen molar-refractivity contribution in [3.63, 3.8) is 0 Å². The Morgan fingerprint density at radius 3 is 1.12 bits per heavy atom. The molecule has 0 unspecified atom stereocenters. The summed E-state index contributed by atoms with van der Waals surface area (Å²) < 4.78 is 62.8. The molecule has 0 spiro atoms. The molecule has 0 aromatic heterocycles. The summed E-state index contributed by atoms with van der Waals surface area (Å²) in [5, 5.41) is 0. The van der Waals surface area contributed by atoms with Crippen LogP contribution in [0.4, 0.5) is 0 Å². The molecule has 7 rings (SSSR count). The van der Waals surface area contributed by atoms with E-state index in [4.69, 9.17) is 4.74 Å². The number of hydrogen-bond donors (Lipinski definition) is 0. The fourth-order valence-corrected chi connectivity index (χ4v) is 12.9. The summed E-state index contributed by atoms with van der Waals surface area (Å²) in [5.74, 6) is 48.2. The van der Waals surface area contributed by atoms with E-state index < -0.39 is 30.7 Å². The standard InChI is InChI=1S/C13H22N2O.C11H20N2O2S.C11H18N2O.C11H20N2.C11H19NO2S.C11H19NOS.C11H19NO/c1-12(16)15-10-8-14(9-11-15)7-5-6-13(2,3)4;1-11(2)5-4-6-12-7-9-13(10-8-12)16(3,14)15;1-10(2)5-4-6-13-8-7-12(3)9-11(13)14;1-11(2)5-4-6-13-9-7-12(3)8-10-13;1-11(2,3)5-4-6-12-7-9-15(13,14)10-8-12;1-11(2,3)5-4-6-12-7-9-14(13)10-8-12;1-11(2,3)5-4-6-12-7-9-13-10-8-12/h7-11H2,1-4H3;11H,6-10H2,1-3H3;10H,6-9H2,1-3H3;11H,6-10H2,1-3H3;6-10H2,1-3H3;6-10H2,1-3H3;6-10H2,1-3H3. The molecule has 22 heteroatoms. The first-order chi connectivity index (χ1) is 46.9. The molecule has 0 saturated carbocycles. The van der Waals surface area contributed by atoms with Crippen molar-refractivity contribution in [2.24, 2.45) is 39.4 Å². The number of carbonyl (C=O) groups excluding carboxylic acids is 2. The number of piperazine rings is 4. The lowest BCUT2D eigenvalue weighted by atomic mass is 9.98. The molecule has 0 radical (unpaired) electrons. The lowest BCUT2D eigenvalue weighted by molar-refractivity contribution is -0.134. The Kier molecular flexibility index (Phi) is 46.2. The number of likely N-dealkylation sites (N-methyl/N-ethyl adjacent to an activating group) is 2. The summed E-state index contributed by atoms with van der Waals surface area (Å²) in [4.78, 5) is 44.4. The monoisotopic (exact) mass is 1460 g/mol. The fourth-order valence-electron chi connectivity index (χ4n) is 9.68. The van der Waals surface area contributed by atoms with E-state index >= 15 is 0 Å². The molecule has 7 aliphatic rings. The van der Waals surface area contributed by atoms with Crippen LogP contribution >= 0.6 is 0 Å². The van der Waals surface area contributed by atoms with Crippen molar-refractivity contribution in [1.82, 2.24) is 53.3 Å². The van der Waals surface area contributed by atoms with Gasteiger partial charge in [0.2, 0.25) is 21.8 Å². The van der Waals surface area contributed by atoms with Crippen LogP contribution in [-0.2, 0) is 45.0 Å². The number of morpholine rings is 1. The van der Waals surface area contributed by atoms with Crippen molar-refractivity contribution < 1.29 is 35.4 Å². The number of ether oxygens (including phenoxy) is 1. The minimum atomic E-state index is -3.01. The van der Waals surface area contributed by atoms with Gasteiger partial charge >= 0.3 is 0 Å². The van der Waals surface area contributed by atoms with Crippen LogP contribution in [0.2, 0.25) is 0 Å². The predicted molar refractivity (Wildman–Crippen MR) is 423 cm³/mol. The Morgan fingerprint density at radius 2 is 0.772 bits per heavy atom. The van der Waals surface area contributed by atoms with Crippen molar-refractivity contribution in [3.8, 4) is 82.9 Å². The zero-order valence-electron chi connectivity index (χ0n) is 67.2. The number of sulfonamides is 1. The lowest BCUT2D eigenvalue weighted by Crippen LogP contribution is -2.48. The van der Waals surface area contributed by atoms with Gasteiger partial charge in [-0.1, -0.05) is 124 Å². The van der Waals surface area contributed by atoms with Crippen LogP contribution < -0.4 is 0 Å². The molecule has 0 aromatic rings. The van der Waals surface area contributed by atoms with Crippen LogP contribution in [0.5, 0.6) is 0 Å². The van der Waals surface area contributed by atoms with E-state index in [1.54, 1.807) is 6.92 Å². The highest BCUT2D eigenvalue weighted by Crippen LogP contribution is 2.14. The molecule has 7 heterocycles. The highest BCUT2D eigenvalue weighted by Gasteiger charge is 2.25. The van der Waals surface area contributed by atoms with Crippen LogP contribution in [-0.4, -0.2) is 326 Å². The van der Waals surface area contributed by atoms with Crippen molar-refractivity contribution >= 4 is 42.5 Å². The summed E-state index contributed by atoms with van der Waals surface area (Å²) in [6.07, 6.45) is 1.27. The predicted octanol–water partition coefficient (Wildman–Crippen LogP) is 5.97. The number of sulfone groups is 1. The van der Waals surface area contributed by atoms with Gasteiger partial charge < -0.3 is 19.4 Å². The maximum Gasteiger partial charge on any atom is 0.237 e. The van der Waals surface area contributed by atoms with Gasteiger partial charge in [0.1, 0.15) is 0 Å². The molecule has 7 aliphatic heterocycles. The van der Waals surface area contributed by atoms with Gasteiger partial charge in [0.25, 0.3) is 0 Å². The molecule has 7 saturated heterocycles. The van der Waals surface area contributed by atoms with E-state index in [0.717, 1.165) is 136 Å². The zero-order chi connectivity index (χ0) is 76.5. The molecule has 101 heavy (non-hydrogen) atoms. The SMILES string of the molecule is CC(=O)N1CCN(CC#CC(C)(C)C)CC1.CC(C)(C)C#CCN1CCOCC1.CC(C)(C)C#CCN1CCS(=O)(=O)CC1.CC(C)(C)C#CCN1CCS(=O)CC1.CC(C)C#CCN1CCN(C)CC1.CC(C)C#CCN1CCN(C)CC1=O.CC(C)C#CCN1CCN(S(C)(=O)=O)CC1. The Labute approximate surface area is 621 Å². The van der Waals surface area contributed by atoms with Gasteiger partial charge in [-0.15, -0.1) is 0 Å². The van der Waals surface area contributed by atoms with E-state index in [0.29, 0.717) is 63.6 Å². The van der Waals surface area contributed by atoms with Gasteiger partial charge in [0.05, 0.1) is 83.3 Å².